The molecule has 0 aliphatic carbocycles. The van der Waals surface area contributed by atoms with E-state index in [0.29, 0.717) is 15.7 Å². The first-order valence-corrected chi connectivity index (χ1v) is 6.27. The molecule has 6 heteroatoms. The van der Waals surface area contributed by atoms with Crippen molar-refractivity contribution in [3.05, 3.63) is 51.4 Å². The van der Waals surface area contributed by atoms with Gasteiger partial charge in [-0.15, -0.1) is 11.8 Å². The van der Waals surface area contributed by atoms with E-state index in [2.05, 4.69) is 0 Å². The second-order valence-electron chi connectivity index (χ2n) is 3.25. The van der Waals surface area contributed by atoms with Gasteiger partial charge in [0.1, 0.15) is 5.82 Å². The van der Waals surface area contributed by atoms with Gasteiger partial charge in [0.2, 0.25) is 0 Å². The Kier molecular flexibility index (Phi) is 4.72. The van der Waals surface area contributed by atoms with Crippen LogP contribution in [0.1, 0.15) is 5.56 Å². The predicted molar refractivity (Wildman–Crippen MR) is 72.5 cm³/mol. The van der Waals surface area contributed by atoms with Gasteiger partial charge in [0.25, 0.3) is 0 Å². The summed E-state index contributed by atoms with van der Waals surface area (Å²) in [6, 6.07) is 4.13. The number of thioether (sulfide) groups is 1. The summed E-state index contributed by atoms with van der Waals surface area (Å²) in [5.74, 6) is -0.460. The van der Waals surface area contributed by atoms with Crippen LogP contribution in [-0.2, 0) is 0 Å². The number of halogens is 2. The van der Waals surface area contributed by atoms with Crippen molar-refractivity contribution in [2.45, 2.75) is 0 Å². The summed E-state index contributed by atoms with van der Waals surface area (Å²) in [6.45, 7) is 0. The van der Waals surface area contributed by atoms with E-state index >= 15 is 0 Å². The maximum atomic E-state index is 13.5. The van der Waals surface area contributed by atoms with Crippen molar-refractivity contribution in [1.82, 2.24) is 0 Å². The summed E-state index contributed by atoms with van der Waals surface area (Å²) in [4.78, 5) is 0. The first-order valence-electron chi connectivity index (χ1n) is 4.67. The Hall–Kier alpha value is -1.33. The minimum Gasteiger partial charge on any atom is -0.398 e. The highest BCUT2D eigenvalue weighted by Crippen LogP contribution is 2.20. The monoisotopic (exact) mass is 273 g/mol. The van der Waals surface area contributed by atoms with Gasteiger partial charge in [0.05, 0.1) is 10.7 Å². The van der Waals surface area contributed by atoms with Crippen molar-refractivity contribution in [3.8, 4) is 0 Å². The minimum atomic E-state index is -0.460. The molecule has 0 saturated heterocycles. The predicted octanol–water partition coefficient (Wildman–Crippen LogP) is 2.23. The van der Waals surface area contributed by atoms with E-state index in [-0.39, 0.29) is 11.3 Å². The van der Waals surface area contributed by atoms with Crippen molar-refractivity contribution in [2.24, 2.45) is 17.2 Å². The Morgan fingerprint density at radius 3 is 2.59 bits per heavy atom. The van der Waals surface area contributed by atoms with Crippen LogP contribution in [0.3, 0.4) is 0 Å². The van der Waals surface area contributed by atoms with Crippen LogP contribution in [0.15, 0.2) is 35.0 Å². The molecule has 0 atom stereocenters. The van der Waals surface area contributed by atoms with Crippen molar-refractivity contribution < 1.29 is 4.39 Å². The lowest BCUT2D eigenvalue weighted by molar-refractivity contribution is 0.624. The molecule has 0 spiro atoms. The molecular formula is C11H13ClFN3S. The first kappa shape index (κ1) is 13.7. The second-order valence-corrected chi connectivity index (χ2v) is 4.53. The largest absolute Gasteiger partial charge is 0.398 e. The molecule has 0 aromatic heterocycles. The molecule has 0 amide bonds. The highest BCUT2D eigenvalue weighted by atomic mass is 35.5. The van der Waals surface area contributed by atoms with E-state index in [4.69, 9.17) is 28.8 Å². The number of rotatable bonds is 3. The zero-order chi connectivity index (χ0) is 13.0. The third-order valence-electron chi connectivity index (χ3n) is 2.05. The lowest BCUT2D eigenvalue weighted by Crippen LogP contribution is -2.08. The maximum absolute atomic E-state index is 13.5. The van der Waals surface area contributed by atoms with Crippen molar-refractivity contribution in [2.75, 3.05) is 6.26 Å². The summed E-state index contributed by atoms with van der Waals surface area (Å²) >= 11 is 7.06. The Bertz CT molecular complexity index is 486. The fourth-order valence-electron chi connectivity index (χ4n) is 1.15. The standard InChI is InChI=1S/C11H13ClFN3S/c1-17-11(16)10(15)5-9(14)7-4-6(12)2-3-8(7)13/h2-5H,14-16H2,1H3/b9-5-,11-10-. The van der Waals surface area contributed by atoms with Gasteiger partial charge in [-0.05, 0) is 30.5 Å². The lowest BCUT2D eigenvalue weighted by Gasteiger charge is -2.06. The molecule has 17 heavy (non-hydrogen) atoms. The first-order chi connectivity index (χ1) is 7.95. The molecule has 0 saturated carbocycles. The molecule has 0 bridgehead atoms. The Morgan fingerprint density at radius 2 is 2.00 bits per heavy atom. The fourth-order valence-corrected chi connectivity index (χ4v) is 1.62. The molecule has 0 aliphatic rings. The molecule has 0 heterocycles. The van der Waals surface area contributed by atoms with Gasteiger partial charge in [-0.1, -0.05) is 11.6 Å². The van der Waals surface area contributed by atoms with Crippen LogP contribution in [0.5, 0.6) is 0 Å². The average molecular weight is 274 g/mol. The van der Waals surface area contributed by atoms with Gasteiger partial charge in [-0.25, -0.2) is 4.39 Å². The number of allylic oxidation sites excluding steroid dienone is 1. The van der Waals surface area contributed by atoms with E-state index in [1.165, 1.54) is 36.0 Å². The zero-order valence-corrected chi connectivity index (χ0v) is 10.8. The summed E-state index contributed by atoms with van der Waals surface area (Å²) in [6.07, 6.45) is 3.20. The van der Waals surface area contributed by atoms with Crippen LogP contribution in [0, 0.1) is 5.82 Å². The third kappa shape index (κ3) is 3.57. The van der Waals surface area contributed by atoms with Gasteiger partial charge >= 0.3 is 0 Å². The zero-order valence-electron chi connectivity index (χ0n) is 9.21. The summed E-state index contributed by atoms with van der Waals surface area (Å²) in [7, 11) is 0. The van der Waals surface area contributed by atoms with E-state index < -0.39 is 5.82 Å². The van der Waals surface area contributed by atoms with Crippen LogP contribution >= 0.6 is 23.4 Å². The molecule has 1 aromatic rings. The molecule has 6 N–H and O–H groups in total. The van der Waals surface area contributed by atoms with Gasteiger partial charge in [-0.2, -0.15) is 0 Å². The Labute approximate surface area is 108 Å². The number of hydrogen-bond acceptors (Lipinski definition) is 4. The minimum absolute atomic E-state index is 0.180. The van der Waals surface area contributed by atoms with Gasteiger partial charge in [0, 0.05) is 16.3 Å². The van der Waals surface area contributed by atoms with Crippen molar-refractivity contribution in [3.63, 3.8) is 0 Å². The SMILES string of the molecule is CS/C(N)=C(N)/C=C(\N)c1cc(Cl)ccc1F. The molecule has 0 unspecified atom stereocenters. The smallest absolute Gasteiger partial charge is 0.132 e. The van der Waals surface area contributed by atoms with E-state index in [1.807, 2.05) is 0 Å². The van der Waals surface area contributed by atoms with E-state index in [1.54, 1.807) is 6.26 Å². The van der Waals surface area contributed by atoms with Gasteiger partial charge < -0.3 is 17.2 Å². The quantitative estimate of drug-likeness (QED) is 0.738. The molecule has 0 fully saturated rings. The molecule has 92 valence electrons. The molecular weight excluding hydrogens is 261 g/mol. The van der Waals surface area contributed by atoms with Crippen molar-refractivity contribution in [1.29, 1.82) is 0 Å². The maximum Gasteiger partial charge on any atom is 0.132 e. The Morgan fingerprint density at radius 1 is 1.35 bits per heavy atom. The number of nitrogens with two attached hydrogens (primary N) is 3. The molecule has 1 rings (SSSR count). The van der Waals surface area contributed by atoms with E-state index in [0.717, 1.165) is 0 Å². The summed E-state index contributed by atoms with van der Waals surface area (Å²) in [5.41, 5.74) is 17.7. The average Bonchev–Trinajstić information content (AvgIpc) is 2.30. The molecule has 0 aliphatic heterocycles. The van der Waals surface area contributed by atoms with Crippen LogP contribution in [0.25, 0.3) is 5.70 Å². The van der Waals surface area contributed by atoms with E-state index in [9.17, 15) is 4.39 Å². The van der Waals surface area contributed by atoms with Gasteiger partial charge in [0.15, 0.2) is 0 Å². The van der Waals surface area contributed by atoms with Crippen LogP contribution in [-0.4, -0.2) is 6.26 Å². The molecule has 3 nitrogen and oxygen atoms in total. The second kappa shape index (κ2) is 5.84. The lowest BCUT2D eigenvalue weighted by atomic mass is 10.1. The topological polar surface area (TPSA) is 78.1 Å². The molecule has 0 radical (unpaired) electrons. The van der Waals surface area contributed by atoms with Crippen LogP contribution in [0.2, 0.25) is 5.02 Å². The van der Waals surface area contributed by atoms with Gasteiger partial charge in [-0.3, -0.25) is 0 Å². The summed E-state index contributed by atoms with van der Waals surface area (Å²) in [5, 5.41) is 0.827. The molecule has 1 aromatic carbocycles. The third-order valence-corrected chi connectivity index (χ3v) is 2.97. The van der Waals surface area contributed by atoms with Crippen molar-refractivity contribution >= 4 is 29.1 Å². The normalized spacial score (nSPS) is 13.5. The highest BCUT2D eigenvalue weighted by Gasteiger charge is 2.06. The van der Waals surface area contributed by atoms with Crippen LogP contribution < -0.4 is 17.2 Å². The van der Waals surface area contributed by atoms with Crippen LogP contribution in [0.4, 0.5) is 4.39 Å². The number of benzene rings is 1. The fraction of sp³-hybridized carbons (Fsp3) is 0.0909. The number of hydrogen-bond donors (Lipinski definition) is 3. The summed E-state index contributed by atoms with van der Waals surface area (Å²) < 4.78 is 13.5. The Balaban J connectivity index is 3.16. The highest BCUT2D eigenvalue weighted by molar-refractivity contribution is 8.02.